The molecule has 0 radical (unpaired) electrons. The van der Waals surface area contributed by atoms with Crippen LogP contribution in [-0.4, -0.2) is 37.6 Å². The largest absolute Gasteiger partial charge is 0.460 e. The van der Waals surface area contributed by atoms with Crippen molar-refractivity contribution in [2.45, 2.75) is 35.7 Å². The average molecular weight is 348 g/mol. The zero-order valence-corrected chi connectivity index (χ0v) is 14.2. The van der Waals surface area contributed by atoms with Gasteiger partial charge in [0.05, 0.1) is 11.1 Å². The van der Waals surface area contributed by atoms with E-state index in [1.54, 1.807) is 31.2 Å². The van der Waals surface area contributed by atoms with Crippen LogP contribution in [0.3, 0.4) is 0 Å². The van der Waals surface area contributed by atoms with Gasteiger partial charge in [0, 0.05) is 0 Å². The Labute approximate surface area is 141 Å². The van der Waals surface area contributed by atoms with E-state index >= 15 is 0 Å². The van der Waals surface area contributed by atoms with Crippen LogP contribution in [-0.2, 0) is 9.84 Å². The number of aryl methyl sites for hydroxylation is 1. The molecule has 3 N–H and O–H groups in total. The topological polar surface area (TPSA) is 107 Å². The fraction of sp³-hybridized carbons (Fsp3) is 0.375. The fourth-order valence-electron chi connectivity index (χ4n) is 2.67. The van der Waals surface area contributed by atoms with Gasteiger partial charge in [-0.3, -0.25) is 0 Å². The summed E-state index contributed by atoms with van der Waals surface area (Å²) in [4.78, 5) is 8.17. The molecule has 2 heterocycles. The van der Waals surface area contributed by atoms with E-state index in [2.05, 4.69) is 15.3 Å². The molecule has 128 valence electrons. The van der Waals surface area contributed by atoms with Crippen molar-refractivity contribution in [1.82, 2.24) is 15.3 Å². The second-order valence-electron chi connectivity index (χ2n) is 5.74. The minimum absolute atomic E-state index is 0.0180. The smallest absolute Gasteiger partial charge is 0.318 e. The normalized spacial score (nSPS) is 16.0. The van der Waals surface area contributed by atoms with E-state index in [0.717, 1.165) is 25.9 Å². The van der Waals surface area contributed by atoms with Crippen LogP contribution in [0.5, 0.6) is 6.01 Å². The van der Waals surface area contributed by atoms with E-state index in [-0.39, 0.29) is 27.7 Å². The van der Waals surface area contributed by atoms with E-state index in [1.807, 2.05) is 0 Å². The Kier molecular flexibility index (Phi) is 4.68. The highest BCUT2D eigenvalue weighted by Crippen LogP contribution is 2.27. The van der Waals surface area contributed by atoms with Gasteiger partial charge in [-0.25, -0.2) is 13.4 Å². The van der Waals surface area contributed by atoms with Crippen LogP contribution in [0.2, 0.25) is 0 Å². The third-order valence-electron chi connectivity index (χ3n) is 3.99. The van der Waals surface area contributed by atoms with Crippen molar-refractivity contribution in [3.05, 3.63) is 36.0 Å². The van der Waals surface area contributed by atoms with E-state index in [9.17, 15) is 8.42 Å². The predicted molar refractivity (Wildman–Crippen MR) is 89.6 cm³/mol. The van der Waals surface area contributed by atoms with Gasteiger partial charge in [0.15, 0.2) is 0 Å². The highest BCUT2D eigenvalue weighted by Gasteiger charge is 2.25. The van der Waals surface area contributed by atoms with Crippen LogP contribution in [0.4, 0.5) is 5.82 Å². The number of anilines is 1. The Hall–Kier alpha value is -2.19. The van der Waals surface area contributed by atoms with Gasteiger partial charge in [0.1, 0.15) is 16.8 Å². The number of piperidine rings is 1. The van der Waals surface area contributed by atoms with E-state index < -0.39 is 9.84 Å². The first kappa shape index (κ1) is 16.7. The standard InChI is InChI=1S/C16H20N4O3S/c1-11-4-2-3-5-13(11)24(21,22)14-10-19-16(20-15(14)17)23-12-6-8-18-9-7-12/h2-5,10,12,18H,6-9H2,1H3,(H2,17,19,20). The van der Waals surface area contributed by atoms with Crippen LogP contribution < -0.4 is 15.8 Å². The van der Waals surface area contributed by atoms with Crippen molar-refractivity contribution in [2.24, 2.45) is 0 Å². The highest BCUT2D eigenvalue weighted by atomic mass is 32.2. The van der Waals surface area contributed by atoms with Crippen LogP contribution >= 0.6 is 0 Å². The Morgan fingerprint density at radius 3 is 2.58 bits per heavy atom. The molecule has 0 saturated carbocycles. The minimum Gasteiger partial charge on any atom is -0.460 e. The molecule has 1 aromatic carbocycles. The summed E-state index contributed by atoms with van der Waals surface area (Å²) in [5, 5.41) is 3.24. The van der Waals surface area contributed by atoms with Crippen molar-refractivity contribution in [3.8, 4) is 6.01 Å². The number of aromatic nitrogens is 2. The molecule has 1 fully saturated rings. The maximum atomic E-state index is 12.8. The van der Waals surface area contributed by atoms with Crippen LogP contribution in [0.25, 0.3) is 0 Å². The first-order valence-corrected chi connectivity index (χ1v) is 9.27. The molecule has 0 amide bonds. The maximum Gasteiger partial charge on any atom is 0.318 e. The molecule has 24 heavy (non-hydrogen) atoms. The lowest BCUT2D eigenvalue weighted by atomic mass is 10.1. The molecule has 0 bridgehead atoms. The zero-order chi connectivity index (χ0) is 17.2. The van der Waals surface area contributed by atoms with Crippen LogP contribution in [0.1, 0.15) is 18.4 Å². The number of benzene rings is 1. The molecule has 7 nitrogen and oxygen atoms in total. The number of nitrogens with one attached hydrogen (secondary N) is 1. The first-order chi connectivity index (χ1) is 11.5. The van der Waals surface area contributed by atoms with Crippen molar-refractivity contribution >= 4 is 15.7 Å². The zero-order valence-electron chi connectivity index (χ0n) is 13.4. The number of rotatable bonds is 4. The molecule has 0 unspecified atom stereocenters. The quantitative estimate of drug-likeness (QED) is 0.858. The summed E-state index contributed by atoms with van der Waals surface area (Å²) in [5.41, 5.74) is 6.52. The molecule has 0 spiro atoms. The monoisotopic (exact) mass is 348 g/mol. The van der Waals surface area contributed by atoms with Gasteiger partial charge in [0.2, 0.25) is 9.84 Å². The number of ether oxygens (including phenoxy) is 1. The van der Waals surface area contributed by atoms with E-state index in [1.165, 1.54) is 6.20 Å². The number of nitrogens with two attached hydrogens (primary N) is 1. The third-order valence-corrected chi connectivity index (χ3v) is 5.92. The Balaban J connectivity index is 1.88. The van der Waals surface area contributed by atoms with Crippen molar-refractivity contribution in [1.29, 1.82) is 0 Å². The molecule has 1 aromatic heterocycles. The molecule has 1 aliphatic rings. The molecule has 1 saturated heterocycles. The molecular formula is C16H20N4O3S. The van der Waals surface area contributed by atoms with Gasteiger partial charge >= 0.3 is 6.01 Å². The molecular weight excluding hydrogens is 328 g/mol. The number of hydrogen-bond donors (Lipinski definition) is 2. The van der Waals surface area contributed by atoms with E-state index in [0.29, 0.717) is 5.56 Å². The van der Waals surface area contributed by atoms with Crippen molar-refractivity contribution in [3.63, 3.8) is 0 Å². The highest BCUT2D eigenvalue weighted by molar-refractivity contribution is 7.91. The number of sulfone groups is 1. The summed E-state index contributed by atoms with van der Waals surface area (Å²) in [5.74, 6) is -0.0998. The van der Waals surface area contributed by atoms with Crippen molar-refractivity contribution in [2.75, 3.05) is 18.8 Å². The van der Waals surface area contributed by atoms with Gasteiger partial charge in [0.25, 0.3) is 0 Å². The summed E-state index contributed by atoms with van der Waals surface area (Å²) >= 11 is 0. The predicted octanol–water partition coefficient (Wildman–Crippen LogP) is 1.33. The van der Waals surface area contributed by atoms with E-state index in [4.69, 9.17) is 10.5 Å². The fourth-order valence-corrected chi connectivity index (χ4v) is 4.17. The summed E-state index contributed by atoms with van der Waals surface area (Å²) in [7, 11) is -3.77. The molecule has 0 aliphatic carbocycles. The first-order valence-electron chi connectivity index (χ1n) is 7.79. The van der Waals surface area contributed by atoms with Crippen LogP contribution in [0, 0.1) is 6.92 Å². The molecule has 0 atom stereocenters. The Bertz CT molecular complexity index is 833. The van der Waals surface area contributed by atoms with Gasteiger partial charge in [-0.2, -0.15) is 4.98 Å². The van der Waals surface area contributed by atoms with Gasteiger partial charge in [-0.15, -0.1) is 0 Å². The lowest BCUT2D eigenvalue weighted by molar-refractivity contribution is 0.149. The lowest BCUT2D eigenvalue weighted by Crippen LogP contribution is -2.34. The lowest BCUT2D eigenvalue weighted by Gasteiger charge is -2.22. The van der Waals surface area contributed by atoms with Crippen LogP contribution in [0.15, 0.2) is 40.3 Å². The number of hydrogen-bond acceptors (Lipinski definition) is 7. The molecule has 3 rings (SSSR count). The Morgan fingerprint density at radius 1 is 1.21 bits per heavy atom. The second kappa shape index (κ2) is 6.74. The Morgan fingerprint density at radius 2 is 1.92 bits per heavy atom. The van der Waals surface area contributed by atoms with Gasteiger partial charge in [-0.05, 0) is 44.5 Å². The van der Waals surface area contributed by atoms with Gasteiger partial charge < -0.3 is 15.8 Å². The summed E-state index contributed by atoms with van der Waals surface area (Å²) in [6, 6.07) is 6.85. The number of nitrogens with zero attached hydrogens (tertiary/aromatic N) is 2. The van der Waals surface area contributed by atoms with Gasteiger partial charge in [-0.1, -0.05) is 18.2 Å². The minimum atomic E-state index is -3.77. The van der Waals surface area contributed by atoms with Crippen molar-refractivity contribution < 1.29 is 13.2 Å². The summed E-state index contributed by atoms with van der Waals surface area (Å²) in [6.07, 6.45) is 2.95. The number of nitrogen functional groups attached to an aromatic ring is 1. The maximum absolute atomic E-state index is 12.8. The SMILES string of the molecule is Cc1ccccc1S(=O)(=O)c1cnc(OC2CCNCC2)nc1N. The summed E-state index contributed by atoms with van der Waals surface area (Å²) in [6.45, 7) is 3.48. The average Bonchev–Trinajstić information content (AvgIpc) is 2.56. The summed E-state index contributed by atoms with van der Waals surface area (Å²) < 4.78 is 31.2. The second-order valence-corrected chi connectivity index (χ2v) is 7.62. The molecule has 8 heteroatoms. The molecule has 2 aromatic rings. The molecule has 1 aliphatic heterocycles. The third kappa shape index (κ3) is 3.34.